The van der Waals surface area contributed by atoms with Gasteiger partial charge in [0.15, 0.2) is 11.9 Å². The summed E-state index contributed by atoms with van der Waals surface area (Å²) in [5.74, 6) is 1.34. The number of imidazole rings is 1. The second-order valence-corrected chi connectivity index (χ2v) is 7.91. The molecule has 0 aliphatic carbocycles. The normalized spacial score (nSPS) is 21.0. The largest absolute Gasteiger partial charge is 0.459 e. The van der Waals surface area contributed by atoms with E-state index in [0.717, 1.165) is 5.82 Å². The van der Waals surface area contributed by atoms with Crippen molar-refractivity contribution in [3.63, 3.8) is 0 Å². The van der Waals surface area contributed by atoms with Gasteiger partial charge in [0.25, 0.3) is 11.8 Å². The summed E-state index contributed by atoms with van der Waals surface area (Å²) in [6, 6.07) is 3.38. The van der Waals surface area contributed by atoms with Crippen LogP contribution in [0.5, 0.6) is 0 Å². The van der Waals surface area contributed by atoms with Crippen molar-refractivity contribution in [1.29, 1.82) is 0 Å². The first-order valence-corrected chi connectivity index (χ1v) is 9.78. The minimum atomic E-state index is -0.651. The fourth-order valence-corrected chi connectivity index (χ4v) is 3.92. The van der Waals surface area contributed by atoms with Gasteiger partial charge in [-0.1, -0.05) is 13.8 Å². The second-order valence-electron chi connectivity index (χ2n) is 7.91. The molecule has 1 saturated heterocycles. The van der Waals surface area contributed by atoms with Gasteiger partial charge < -0.3 is 23.9 Å². The maximum atomic E-state index is 12.6. The Morgan fingerprint density at radius 1 is 1.36 bits per heavy atom. The number of rotatable bonds is 4. The van der Waals surface area contributed by atoms with Crippen LogP contribution in [-0.2, 0) is 21.7 Å². The number of hydrogen-bond donors (Lipinski definition) is 1. The van der Waals surface area contributed by atoms with Gasteiger partial charge in [0.05, 0.1) is 12.8 Å². The molecule has 4 heterocycles. The van der Waals surface area contributed by atoms with Crippen LogP contribution in [0.15, 0.2) is 35.2 Å². The minimum Gasteiger partial charge on any atom is -0.459 e. The van der Waals surface area contributed by atoms with Gasteiger partial charge in [0, 0.05) is 44.9 Å². The minimum absolute atomic E-state index is 0.0958. The number of ether oxygens (including phenoxy) is 1. The van der Waals surface area contributed by atoms with E-state index in [4.69, 9.17) is 9.15 Å². The van der Waals surface area contributed by atoms with Crippen LogP contribution in [0.1, 0.15) is 43.1 Å². The Hall–Kier alpha value is -2.61. The molecule has 1 spiro atoms. The van der Waals surface area contributed by atoms with Crippen molar-refractivity contribution < 1.29 is 18.7 Å². The van der Waals surface area contributed by atoms with Crippen molar-refractivity contribution in [2.75, 3.05) is 19.6 Å². The Morgan fingerprint density at radius 2 is 2.14 bits per heavy atom. The lowest BCUT2D eigenvalue weighted by atomic mass is 9.88. The number of aromatic nitrogens is 2. The molecule has 28 heavy (non-hydrogen) atoms. The molecule has 150 valence electrons. The maximum Gasteiger partial charge on any atom is 0.289 e. The monoisotopic (exact) mass is 386 g/mol. The van der Waals surface area contributed by atoms with Gasteiger partial charge in [-0.25, -0.2) is 4.98 Å². The van der Waals surface area contributed by atoms with E-state index in [2.05, 4.69) is 24.1 Å². The lowest BCUT2D eigenvalue weighted by Gasteiger charge is -2.45. The molecule has 2 aliphatic rings. The molecule has 8 heteroatoms. The summed E-state index contributed by atoms with van der Waals surface area (Å²) >= 11 is 0. The number of nitrogens with one attached hydrogen (secondary N) is 1. The third-order valence-corrected chi connectivity index (χ3v) is 5.42. The summed E-state index contributed by atoms with van der Waals surface area (Å²) in [4.78, 5) is 31.5. The molecule has 1 unspecified atom stereocenters. The zero-order valence-corrected chi connectivity index (χ0v) is 16.3. The highest BCUT2D eigenvalue weighted by Crippen LogP contribution is 2.40. The molecule has 0 bridgehead atoms. The Labute approximate surface area is 163 Å². The average Bonchev–Trinajstić information content (AvgIpc) is 3.38. The van der Waals surface area contributed by atoms with Gasteiger partial charge in [0.1, 0.15) is 11.4 Å². The van der Waals surface area contributed by atoms with Gasteiger partial charge in [-0.05, 0) is 18.1 Å². The number of carbonyl (C=O) groups excluding carboxylic acids is 2. The number of piperidine rings is 1. The van der Waals surface area contributed by atoms with Crippen LogP contribution in [0.3, 0.4) is 0 Å². The van der Waals surface area contributed by atoms with Crippen molar-refractivity contribution in [3.8, 4) is 0 Å². The molecule has 2 aliphatic heterocycles. The highest BCUT2D eigenvalue weighted by atomic mass is 16.5. The van der Waals surface area contributed by atoms with E-state index in [1.807, 2.05) is 10.8 Å². The van der Waals surface area contributed by atoms with Gasteiger partial charge >= 0.3 is 0 Å². The standard InChI is InChI=1S/C20H26N4O4/c1-14(2)12-22-17(25)16-13-24-10-7-21-19(24)20(28-16)5-8-23(9-6-20)18(26)15-4-3-11-27-15/h3-4,7,10-11,14,16H,5-6,8-9,12-13H2,1-2H3,(H,22,25). The zero-order valence-electron chi connectivity index (χ0n) is 16.3. The SMILES string of the molecule is CC(C)CNC(=O)C1Cn2ccnc2C2(CCN(C(=O)c3ccco3)CC2)O1. The van der Waals surface area contributed by atoms with Gasteiger partial charge in [-0.3, -0.25) is 9.59 Å². The summed E-state index contributed by atoms with van der Waals surface area (Å²) in [7, 11) is 0. The first kappa shape index (κ1) is 18.7. The van der Waals surface area contributed by atoms with Crippen LogP contribution < -0.4 is 5.32 Å². The van der Waals surface area contributed by atoms with Gasteiger partial charge in [0.2, 0.25) is 0 Å². The molecule has 0 radical (unpaired) electrons. The van der Waals surface area contributed by atoms with E-state index in [1.165, 1.54) is 6.26 Å². The molecule has 0 aromatic carbocycles. The predicted molar refractivity (Wildman–Crippen MR) is 100 cm³/mol. The number of carbonyl (C=O) groups is 2. The number of fused-ring (bicyclic) bond motifs is 2. The molecule has 1 N–H and O–H groups in total. The lowest BCUT2D eigenvalue weighted by molar-refractivity contribution is -0.172. The van der Waals surface area contributed by atoms with Crippen LogP contribution in [0.2, 0.25) is 0 Å². The summed E-state index contributed by atoms with van der Waals surface area (Å²) in [6.07, 6.45) is 5.75. The van der Waals surface area contributed by atoms with Crippen molar-refractivity contribution >= 4 is 11.8 Å². The quantitative estimate of drug-likeness (QED) is 0.865. The molecule has 4 rings (SSSR count). The molecule has 1 fully saturated rings. The summed E-state index contributed by atoms with van der Waals surface area (Å²) in [5, 5.41) is 2.97. The molecule has 8 nitrogen and oxygen atoms in total. The average molecular weight is 386 g/mol. The topological polar surface area (TPSA) is 89.6 Å². The summed E-state index contributed by atoms with van der Waals surface area (Å²) in [5.41, 5.74) is -0.651. The Morgan fingerprint density at radius 3 is 2.82 bits per heavy atom. The highest BCUT2D eigenvalue weighted by Gasteiger charge is 2.47. The number of nitrogens with zero attached hydrogens (tertiary/aromatic N) is 3. The van der Waals surface area contributed by atoms with E-state index in [1.54, 1.807) is 23.2 Å². The van der Waals surface area contributed by atoms with Crippen molar-refractivity contribution in [3.05, 3.63) is 42.4 Å². The third kappa shape index (κ3) is 3.44. The van der Waals surface area contributed by atoms with E-state index in [-0.39, 0.29) is 11.8 Å². The molecular formula is C20H26N4O4. The second kappa shape index (κ2) is 7.43. The van der Waals surface area contributed by atoms with Crippen LogP contribution >= 0.6 is 0 Å². The molecule has 0 saturated carbocycles. The van der Waals surface area contributed by atoms with Crippen molar-refractivity contribution in [1.82, 2.24) is 19.8 Å². The van der Waals surface area contributed by atoms with E-state index < -0.39 is 11.7 Å². The lowest BCUT2D eigenvalue weighted by Crippen LogP contribution is -2.55. The fourth-order valence-electron chi connectivity index (χ4n) is 3.92. The fraction of sp³-hybridized carbons (Fsp3) is 0.550. The number of likely N-dealkylation sites (tertiary alicyclic amines) is 1. The molecular weight excluding hydrogens is 360 g/mol. The van der Waals surface area contributed by atoms with Crippen LogP contribution in [-0.4, -0.2) is 52.0 Å². The Kier molecular flexibility index (Phi) is 4.97. The van der Waals surface area contributed by atoms with Gasteiger partial charge in [-0.15, -0.1) is 0 Å². The number of furan rings is 1. The number of hydrogen-bond acceptors (Lipinski definition) is 5. The molecule has 1 atom stereocenters. The summed E-state index contributed by atoms with van der Waals surface area (Å²) < 4.78 is 13.6. The van der Waals surface area contributed by atoms with Crippen molar-refractivity contribution in [2.45, 2.75) is 44.9 Å². The first-order chi connectivity index (χ1) is 13.5. The third-order valence-electron chi connectivity index (χ3n) is 5.42. The van der Waals surface area contributed by atoms with Crippen molar-refractivity contribution in [2.24, 2.45) is 5.92 Å². The van der Waals surface area contributed by atoms with Crippen LogP contribution in [0.25, 0.3) is 0 Å². The maximum absolute atomic E-state index is 12.6. The zero-order chi connectivity index (χ0) is 19.7. The molecule has 2 aromatic rings. The number of amides is 2. The molecule has 2 amide bonds. The van der Waals surface area contributed by atoms with Gasteiger partial charge in [-0.2, -0.15) is 0 Å². The van der Waals surface area contributed by atoms with E-state index in [0.29, 0.717) is 50.7 Å². The smallest absolute Gasteiger partial charge is 0.289 e. The Balaban J connectivity index is 1.49. The highest BCUT2D eigenvalue weighted by molar-refractivity contribution is 5.91. The van der Waals surface area contributed by atoms with Crippen LogP contribution in [0.4, 0.5) is 0 Å². The van der Waals surface area contributed by atoms with Crippen LogP contribution in [0, 0.1) is 5.92 Å². The van der Waals surface area contributed by atoms with E-state index >= 15 is 0 Å². The van der Waals surface area contributed by atoms with E-state index in [9.17, 15) is 9.59 Å². The first-order valence-electron chi connectivity index (χ1n) is 9.78. The predicted octanol–water partition coefficient (Wildman–Crippen LogP) is 1.78. The summed E-state index contributed by atoms with van der Waals surface area (Å²) in [6.45, 7) is 6.23. The Bertz CT molecular complexity index is 834. The molecule has 2 aromatic heterocycles.